The molecular weight excluding hydrogens is 330 g/mol. The molecule has 8 nitrogen and oxygen atoms in total. The molecule has 0 saturated heterocycles. The smallest absolute Gasteiger partial charge is 0.274 e. The number of aliphatic hydroxyl groups is 1. The highest BCUT2D eigenvalue weighted by atomic mass is 32.1. The van der Waals surface area contributed by atoms with Crippen molar-refractivity contribution in [2.24, 2.45) is 5.92 Å². The van der Waals surface area contributed by atoms with Crippen LogP contribution >= 0.6 is 11.3 Å². The van der Waals surface area contributed by atoms with Crippen LogP contribution in [0, 0.1) is 5.92 Å². The number of amides is 1. The summed E-state index contributed by atoms with van der Waals surface area (Å²) in [5.74, 6) is 0.0321. The summed E-state index contributed by atoms with van der Waals surface area (Å²) in [6, 6.07) is 3.82. The molecule has 128 valence electrons. The van der Waals surface area contributed by atoms with Gasteiger partial charge in [-0.05, 0) is 30.2 Å². The van der Waals surface area contributed by atoms with Gasteiger partial charge in [0.2, 0.25) is 11.9 Å². The van der Waals surface area contributed by atoms with Gasteiger partial charge in [0.25, 0.3) is 5.56 Å². The second-order valence-corrected chi connectivity index (χ2v) is 6.91. The Morgan fingerprint density at radius 2 is 2.29 bits per heavy atom. The van der Waals surface area contributed by atoms with Crippen LogP contribution in [0.15, 0.2) is 22.3 Å². The summed E-state index contributed by atoms with van der Waals surface area (Å²) in [4.78, 5) is 27.4. The largest absolute Gasteiger partial charge is 0.393 e. The molecule has 3 rings (SSSR count). The van der Waals surface area contributed by atoms with E-state index in [0.717, 1.165) is 4.88 Å². The molecule has 1 fully saturated rings. The first-order chi connectivity index (χ1) is 11.5. The summed E-state index contributed by atoms with van der Waals surface area (Å²) >= 11 is 1.58. The van der Waals surface area contributed by atoms with Crippen molar-refractivity contribution < 1.29 is 9.90 Å². The molecule has 1 amide bonds. The number of nitrogens with one attached hydrogen (secondary N) is 2. The number of rotatable bonds is 6. The van der Waals surface area contributed by atoms with Crippen molar-refractivity contribution in [1.82, 2.24) is 20.5 Å². The van der Waals surface area contributed by atoms with Crippen LogP contribution in [0.3, 0.4) is 0 Å². The molecule has 1 saturated carbocycles. The number of hydrogen-bond donors (Lipinski definition) is 4. The van der Waals surface area contributed by atoms with E-state index in [1.807, 2.05) is 17.5 Å². The molecule has 1 aliphatic rings. The first-order valence-electron chi connectivity index (χ1n) is 7.75. The Labute approximate surface area is 142 Å². The minimum absolute atomic E-state index is 0.0468. The molecule has 5 N–H and O–H groups in total. The van der Waals surface area contributed by atoms with E-state index in [1.54, 1.807) is 11.3 Å². The number of nitrogens with zero attached hydrogens (tertiary/aromatic N) is 2. The maximum atomic E-state index is 12.3. The molecule has 0 aromatic carbocycles. The quantitative estimate of drug-likeness (QED) is 0.595. The SMILES string of the molecule is Nc1nnc(CCC(=O)N[C@H](c2cccs2)C2CC(O)C2)c(=O)[nH]1. The summed E-state index contributed by atoms with van der Waals surface area (Å²) in [5.41, 5.74) is 5.10. The van der Waals surface area contributed by atoms with Gasteiger partial charge in [0.1, 0.15) is 5.69 Å². The van der Waals surface area contributed by atoms with Gasteiger partial charge in [-0.1, -0.05) is 6.07 Å². The molecule has 0 radical (unpaired) electrons. The fraction of sp³-hybridized carbons (Fsp3) is 0.467. The Morgan fingerprint density at radius 1 is 1.50 bits per heavy atom. The van der Waals surface area contributed by atoms with Crippen LogP contribution < -0.4 is 16.6 Å². The predicted molar refractivity (Wildman–Crippen MR) is 89.3 cm³/mol. The Kier molecular flexibility index (Phi) is 4.91. The summed E-state index contributed by atoms with van der Waals surface area (Å²) in [6.45, 7) is 0. The minimum Gasteiger partial charge on any atom is -0.393 e. The third kappa shape index (κ3) is 3.80. The highest BCUT2D eigenvalue weighted by molar-refractivity contribution is 7.10. The first-order valence-corrected chi connectivity index (χ1v) is 8.63. The van der Waals surface area contributed by atoms with E-state index < -0.39 is 5.56 Å². The third-order valence-electron chi connectivity index (χ3n) is 4.16. The maximum Gasteiger partial charge on any atom is 0.274 e. The van der Waals surface area contributed by atoms with Crippen LogP contribution in [-0.4, -0.2) is 32.3 Å². The fourth-order valence-electron chi connectivity index (χ4n) is 2.81. The molecule has 1 atom stereocenters. The number of aliphatic hydroxyl groups excluding tert-OH is 1. The zero-order valence-electron chi connectivity index (χ0n) is 12.9. The number of thiophene rings is 1. The van der Waals surface area contributed by atoms with Crippen LogP contribution in [0.1, 0.15) is 35.9 Å². The van der Waals surface area contributed by atoms with Gasteiger partial charge in [-0.25, -0.2) is 0 Å². The molecule has 9 heteroatoms. The summed E-state index contributed by atoms with van der Waals surface area (Å²) in [6.07, 6.45) is 1.42. The van der Waals surface area contributed by atoms with Crippen molar-refractivity contribution in [3.63, 3.8) is 0 Å². The highest BCUT2D eigenvalue weighted by Crippen LogP contribution is 2.39. The predicted octanol–water partition coefficient (Wildman–Crippen LogP) is 0.370. The summed E-state index contributed by atoms with van der Waals surface area (Å²) in [7, 11) is 0. The normalized spacial score (nSPS) is 21.0. The Bertz CT molecular complexity index is 755. The number of nitrogen functional groups attached to an aromatic ring is 1. The number of aromatic amines is 1. The average Bonchev–Trinajstić information content (AvgIpc) is 3.03. The molecule has 0 aliphatic heterocycles. The zero-order chi connectivity index (χ0) is 17.1. The number of H-pyrrole nitrogens is 1. The first kappa shape index (κ1) is 16.6. The lowest BCUT2D eigenvalue weighted by atomic mass is 9.76. The van der Waals surface area contributed by atoms with E-state index in [0.29, 0.717) is 12.8 Å². The van der Waals surface area contributed by atoms with Gasteiger partial charge < -0.3 is 16.2 Å². The van der Waals surface area contributed by atoms with Crippen LogP contribution in [0.5, 0.6) is 0 Å². The van der Waals surface area contributed by atoms with Gasteiger partial charge in [-0.15, -0.1) is 21.5 Å². The van der Waals surface area contributed by atoms with Crippen LogP contribution in [0.2, 0.25) is 0 Å². The number of aryl methyl sites for hydroxylation is 1. The monoisotopic (exact) mass is 349 g/mol. The zero-order valence-corrected chi connectivity index (χ0v) is 13.8. The van der Waals surface area contributed by atoms with E-state index in [2.05, 4.69) is 20.5 Å². The molecule has 0 spiro atoms. The minimum atomic E-state index is -0.424. The number of nitrogens with two attached hydrogens (primary N) is 1. The van der Waals surface area contributed by atoms with Crippen molar-refractivity contribution in [3.05, 3.63) is 38.4 Å². The molecule has 24 heavy (non-hydrogen) atoms. The number of carbonyl (C=O) groups excluding carboxylic acids is 1. The number of hydrogen-bond acceptors (Lipinski definition) is 7. The Morgan fingerprint density at radius 3 is 2.92 bits per heavy atom. The van der Waals surface area contributed by atoms with Crippen LogP contribution in [0.4, 0.5) is 5.95 Å². The molecule has 0 bridgehead atoms. The summed E-state index contributed by atoms with van der Waals surface area (Å²) in [5, 5.41) is 21.8. The Hall–Kier alpha value is -2.26. The van der Waals surface area contributed by atoms with E-state index >= 15 is 0 Å². The van der Waals surface area contributed by atoms with Gasteiger partial charge in [-0.2, -0.15) is 0 Å². The molecule has 2 aromatic rings. The van der Waals surface area contributed by atoms with Gasteiger partial charge in [-0.3, -0.25) is 14.6 Å². The Balaban J connectivity index is 1.60. The van der Waals surface area contributed by atoms with Crippen LogP contribution in [-0.2, 0) is 11.2 Å². The van der Waals surface area contributed by atoms with E-state index in [1.165, 1.54) is 0 Å². The highest BCUT2D eigenvalue weighted by Gasteiger charge is 2.36. The van der Waals surface area contributed by atoms with E-state index in [9.17, 15) is 14.7 Å². The van der Waals surface area contributed by atoms with Crippen molar-refractivity contribution in [1.29, 1.82) is 0 Å². The van der Waals surface area contributed by atoms with Gasteiger partial charge in [0, 0.05) is 17.7 Å². The van der Waals surface area contributed by atoms with Crippen molar-refractivity contribution in [3.8, 4) is 0 Å². The molecule has 0 unspecified atom stereocenters. The second-order valence-electron chi connectivity index (χ2n) is 5.93. The molecule has 1 aliphatic carbocycles. The standard InChI is InChI=1S/C15H19N5O3S/c16-15-18-14(23)10(19-20-15)3-4-12(22)17-13(8-6-9(21)7-8)11-2-1-5-24-11/h1-2,5,8-9,13,21H,3-4,6-7H2,(H,17,22)(H3,16,18,20,23)/t8?,9?,13-/m0/s1. The number of aromatic nitrogens is 3. The topological polar surface area (TPSA) is 134 Å². The van der Waals surface area contributed by atoms with Crippen molar-refractivity contribution in [2.45, 2.75) is 37.8 Å². The van der Waals surface area contributed by atoms with Crippen molar-refractivity contribution in [2.75, 3.05) is 5.73 Å². The lowest BCUT2D eigenvalue weighted by Gasteiger charge is -2.37. The fourth-order valence-corrected chi connectivity index (χ4v) is 3.68. The lowest BCUT2D eigenvalue weighted by molar-refractivity contribution is -0.123. The number of anilines is 1. The second kappa shape index (κ2) is 7.10. The maximum absolute atomic E-state index is 12.3. The molecule has 2 heterocycles. The van der Waals surface area contributed by atoms with Gasteiger partial charge in [0.15, 0.2) is 0 Å². The summed E-state index contributed by atoms with van der Waals surface area (Å²) < 4.78 is 0. The molecular formula is C15H19N5O3S. The number of carbonyl (C=O) groups is 1. The molecule has 2 aromatic heterocycles. The van der Waals surface area contributed by atoms with Gasteiger partial charge >= 0.3 is 0 Å². The third-order valence-corrected chi connectivity index (χ3v) is 5.11. The average molecular weight is 349 g/mol. The van der Waals surface area contributed by atoms with Gasteiger partial charge in [0.05, 0.1) is 12.1 Å². The van der Waals surface area contributed by atoms with Crippen LogP contribution in [0.25, 0.3) is 0 Å². The lowest BCUT2D eigenvalue weighted by Crippen LogP contribution is -2.41. The van der Waals surface area contributed by atoms with Crippen molar-refractivity contribution >= 4 is 23.2 Å². The van der Waals surface area contributed by atoms with E-state index in [4.69, 9.17) is 5.73 Å². The van der Waals surface area contributed by atoms with E-state index in [-0.39, 0.29) is 48.5 Å².